The van der Waals surface area contributed by atoms with Crippen LogP contribution in [-0.2, 0) is 0 Å². The monoisotopic (exact) mass is 381 g/mol. The lowest BCUT2D eigenvalue weighted by Gasteiger charge is -2.42. The van der Waals surface area contributed by atoms with E-state index in [1.807, 2.05) is 24.3 Å². The van der Waals surface area contributed by atoms with E-state index in [1.165, 1.54) is 0 Å². The molecule has 1 heterocycles. The number of benzene rings is 1. The summed E-state index contributed by atoms with van der Waals surface area (Å²) in [5, 5.41) is 11.8. The number of anilines is 1. The third-order valence-corrected chi connectivity index (χ3v) is 4.99. The smallest absolute Gasteiger partial charge is 0.191 e. The molecule has 1 fully saturated rings. The van der Waals surface area contributed by atoms with Crippen LogP contribution in [0, 0.1) is 5.41 Å². The molecule has 0 spiro atoms. The zero-order valence-corrected chi connectivity index (χ0v) is 15.8. The molecule has 3 rings (SSSR count). The summed E-state index contributed by atoms with van der Waals surface area (Å²) in [6.45, 7) is 3.97. The van der Waals surface area contributed by atoms with Gasteiger partial charge in [0.1, 0.15) is 11.6 Å². The highest BCUT2D eigenvalue weighted by atomic mass is 19.1. The number of aliphatic imine (C=N–C) groups is 2. The maximum atomic E-state index is 13.7. The summed E-state index contributed by atoms with van der Waals surface area (Å²) >= 11 is 0. The van der Waals surface area contributed by atoms with Gasteiger partial charge in [0.2, 0.25) is 0 Å². The van der Waals surface area contributed by atoms with Crippen LogP contribution in [-0.4, -0.2) is 35.5 Å². The number of halogens is 1. The number of nitrogens with zero attached hydrogens (tertiary/aromatic N) is 4. The third kappa shape index (κ3) is 4.16. The molecule has 1 aromatic heterocycles. The lowest BCUT2D eigenvalue weighted by Crippen LogP contribution is -2.44. The molecule has 28 heavy (non-hydrogen) atoms. The van der Waals surface area contributed by atoms with Gasteiger partial charge in [-0.05, 0) is 37.1 Å². The average Bonchev–Trinajstić information content (AvgIpc) is 2.64. The van der Waals surface area contributed by atoms with E-state index in [0.717, 1.165) is 30.5 Å². The molecule has 1 saturated carbocycles. The van der Waals surface area contributed by atoms with Crippen molar-refractivity contribution in [2.75, 3.05) is 18.9 Å². The Morgan fingerprint density at radius 1 is 1.18 bits per heavy atom. The summed E-state index contributed by atoms with van der Waals surface area (Å²) < 4.78 is 13.7. The Kier molecular flexibility index (Phi) is 5.67. The van der Waals surface area contributed by atoms with Crippen molar-refractivity contribution >= 4 is 23.2 Å². The predicted octanol–water partition coefficient (Wildman–Crippen LogP) is 3.18. The van der Waals surface area contributed by atoms with Crippen molar-refractivity contribution in [3.63, 3.8) is 0 Å². The van der Waals surface area contributed by atoms with E-state index >= 15 is 0 Å². The molecule has 0 atom stereocenters. The van der Waals surface area contributed by atoms with E-state index in [2.05, 4.69) is 32.1 Å². The fourth-order valence-corrected chi connectivity index (χ4v) is 3.44. The summed E-state index contributed by atoms with van der Waals surface area (Å²) in [7, 11) is 1.60. The number of allylic oxidation sites excluding steroid dienone is 1. The molecular formula is C20H24FN7. The van der Waals surface area contributed by atoms with Crippen LogP contribution in [0.4, 0.5) is 15.9 Å². The van der Waals surface area contributed by atoms with Gasteiger partial charge in [-0.1, -0.05) is 25.1 Å². The van der Waals surface area contributed by atoms with Gasteiger partial charge in [0.25, 0.3) is 0 Å². The molecule has 1 aromatic carbocycles. The highest BCUT2D eigenvalue weighted by Gasteiger charge is 2.42. The largest absolute Gasteiger partial charge is 0.370 e. The van der Waals surface area contributed by atoms with Gasteiger partial charge in [-0.15, -0.1) is 10.2 Å². The molecule has 7 nitrogen and oxygen atoms in total. The van der Waals surface area contributed by atoms with Crippen molar-refractivity contribution in [3.8, 4) is 11.3 Å². The molecule has 0 saturated heterocycles. The first-order valence-corrected chi connectivity index (χ1v) is 9.03. The van der Waals surface area contributed by atoms with E-state index < -0.39 is 5.83 Å². The predicted molar refractivity (Wildman–Crippen MR) is 111 cm³/mol. The molecule has 1 aliphatic rings. The van der Waals surface area contributed by atoms with Crippen molar-refractivity contribution in [1.82, 2.24) is 10.2 Å². The number of hydrogen-bond acceptors (Lipinski definition) is 5. The summed E-state index contributed by atoms with van der Waals surface area (Å²) in [5.41, 5.74) is 13.2. The molecule has 5 N–H and O–H groups in total. The second kappa shape index (κ2) is 8.16. The highest BCUT2D eigenvalue weighted by molar-refractivity contribution is 6.03. The summed E-state index contributed by atoms with van der Waals surface area (Å²) in [4.78, 5) is 8.10. The van der Waals surface area contributed by atoms with Crippen LogP contribution in [0.1, 0.15) is 19.3 Å². The minimum atomic E-state index is -0.463. The van der Waals surface area contributed by atoms with Gasteiger partial charge in [-0.3, -0.25) is 4.99 Å². The first kappa shape index (κ1) is 19.5. The number of hydrogen-bond donors (Lipinski definition) is 3. The van der Waals surface area contributed by atoms with Crippen LogP contribution in [0.15, 0.2) is 58.8 Å². The van der Waals surface area contributed by atoms with Crippen molar-refractivity contribution in [1.29, 1.82) is 0 Å². The Morgan fingerprint density at radius 3 is 2.36 bits per heavy atom. The van der Waals surface area contributed by atoms with Gasteiger partial charge in [0, 0.05) is 24.6 Å². The fourth-order valence-electron chi connectivity index (χ4n) is 3.44. The van der Waals surface area contributed by atoms with Gasteiger partial charge >= 0.3 is 0 Å². The Balaban J connectivity index is 1.68. The number of guanidine groups is 1. The van der Waals surface area contributed by atoms with Crippen molar-refractivity contribution in [3.05, 3.63) is 48.8 Å². The average molecular weight is 381 g/mol. The normalized spacial score (nSPS) is 15.4. The van der Waals surface area contributed by atoms with Crippen molar-refractivity contribution < 1.29 is 4.39 Å². The molecule has 0 bridgehead atoms. The third-order valence-electron chi connectivity index (χ3n) is 4.99. The molecule has 1 aliphatic carbocycles. The van der Waals surface area contributed by atoms with Crippen LogP contribution >= 0.6 is 0 Å². The quantitative estimate of drug-likeness (QED) is 0.503. The highest BCUT2D eigenvalue weighted by Crippen LogP contribution is 2.44. The molecule has 0 radical (unpaired) electrons. The van der Waals surface area contributed by atoms with Crippen molar-refractivity contribution in [2.24, 2.45) is 26.9 Å². The standard InChI is InChI=1S/C20H24FN7/c1-13(21)18(24-2)20(10-3-11-20)12-25-17-9-8-16(27-28-17)14-4-6-15(7-5-14)26-19(22)23/h4-9H,1,3,10-12H2,2H3,(H,25,28)(H4,22,23,26). The van der Waals surface area contributed by atoms with Crippen LogP contribution in [0.2, 0.25) is 0 Å². The van der Waals surface area contributed by atoms with E-state index in [4.69, 9.17) is 11.5 Å². The van der Waals surface area contributed by atoms with E-state index in [1.54, 1.807) is 19.2 Å². The minimum absolute atomic E-state index is 0.0137. The maximum absolute atomic E-state index is 13.7. The number of rotatable bonds is 7. The zero-order valence-electron chi connectivity index (χ0n) is 15.8. The van der Waals surface area contributed by atoms with Crippen LogP contribution < -0.4 is 16.8 Å². The van der Waals surface area contributed by atoms with E-state index in [-0.39, 0.29) is 11.4 Å². The Labute approximate surface area is 163 Å². The number of nitrogens with one attached hydrogen (secondary N) is 1. The maximum Gasteiger partial charge on any atom is 0.191 e. The molecule has 8 heteroatoms. The molecule has 0 aliphatic heterocycles. The van der Waals surface area contributed by atoms with Gasteiger partial charge < -0.3 is 16.8 Å². The Hall–Kier alpha value is -3.29. The van der Waals surface area contributed by atoms with Gasteiger partial charge in [-0.2, -0.15) is 0 Å². The summed E-state index contributed by atoms with van der Waals surface area (Å²) in [6, 6.07) is 11.1. The summed E-state index contributed by atoms with van der Waals surface area (Å²) in [5.74, 6) is 0.182. The lowest BCUT2D eigenvalue weighted by atomic mass is 9.65. The first-order valence-electron chi connectivity index (χ1n) is 9.03. The van der Waals surface area contributed by atoms with Gasteiger partial charge in [0.15, 0.2) is 5.96 Å². The van der Waals surface area contributed by atoms with Gasteiger partial charge in [0.05, 0.1) is 17.1 Å². The Morgan fingerprint density at radius 2 is 1.89 bits per heavy atom. The lowest BCUT2D eigenvalue weighted by molar-refractivity contribution is 0.247. The van der Waals surface area contributed by atoms with Gasteiger partial charge in [-0.25, -0.2) is 9.38 Å². The van der Waals surface area contributed by atoms with Crippen LogP contribution in [0.25, 0.3) is 11.3 Å². The zero-order chi connectivity index (χ0) is 20.1. The van der Waals surface area contributed by atoms with E-state index in [0.29, 0.717) is 23.8 Å². The fraction of sp³-hybridized carbons (Fsp3) is 0.300. The second-order valence-corrected chi connectivity index (χ2v) is 6.85. The topological polar surface area (TPSA) is 115 Å². The molecule has 146 valence electrons. The molecular weight excluding hydrogens is 357 g/mol. The van der Waals surface area contributed by atoms with Crippen LogP contribution in [0.5, 0.6) is 0 Å². The van der Waals surface area contributed by atoms with E-state index in [9.17, 15) is 4.39 Å². The SMILES string of the molecule is C=C(F)C(=NC)C1(CNc2ccc(-c3ccc(N=C(N)N)cc3)nn2)CCC1. The van der Waals surface area contributed by atoms with Crippen LogP contribution in [0.3, 0.4) is 0 Å². The molecule has 0 amide bonds. The number of aromatic nitrogens is 2. The Bertz CT molecular complexity index is 893. The number of nitrogens with two attached hydrogens (primary N) is 2. The van der Waals surface area contributed by atoms with Crippen molar-refractivity contribution in [2.45, 2.75) is 19.3 Å². The molecule has 2 aromatic rings. The second-order valence-electron chi connectivity index (χ2n) is 6.85. The first-order chi connectivity index (χ1) is 13.4. The molecule has 0 unspecified atom stereocenters. The summed E-state index contributed by atoms with van der Waals surface area (Å²) in [6.07, 6.45) is 2.81. The minimum Gasteiger partial charge on any atom is -0.370 e.